The number of rotatable bonds is 2. The lowest BCUT2D eigenvalue weighted by Gasteiger charge is -2.23. The standard InChI is InChI=1S/C13H17BrClN/c1-13(2)5-6-16(9-13)12-4-3-11(14)7-10(12)8-15/h3-4,7H,5-6,8-9H2,1-2H3. The van der Waals surface area contributed by atoms with Crippen molar-refractivity contribution < 1.29 is 0 Å². The van der Waals surface area contributed by atoms with Gasteiger partial charge in [-0.2, -0.15) is 0 Å². The number of alkyl halides is 1. The molecule has 88 valence electrons. The maximum atomic E-state index is 6.01. The lowest BCUT2D eigenvalue weighted by molar-refractivity contribution is 0.418. The molecule has 0 spiro atoms. The van der Waals surface area contributed by atoms with E-state index in [1.165, 1.54) is 17.7 Å². The summed E-state index contributed by atoms with van der Waals surface area (Å²) in [6.45, 7) is 6.91. The van der Waals surface area contributed by atoms with Gasteiger partial charge in [-0.15, -0.1) is 11.6 Å². The average molecular weight is 303 g/mol. The molecular formula is C13H17BrClN. The van der Waals surface area contributed by atoms with Gasteiger partial charge in [0.15, 0.2) is 0 Å². The topological polar surface area (TPSA) is 3.24 Å². The fraction of sp³-hybridized carbons (Fsp3) is 0.538. The molecule has 0 atom stereocenters. The van der Waals surface area contributed by atoms with Crippen LogP contribution in [0.2, 0.25) is 0 Å². The van der Waals surface area contributed by atoms with E-state index in [0.717, 1.165) is 17.6 Å². The summed E-state index contributed by atoms with van der Waals surface area (Å²) in [6.07, 6.45) is 1.25. The van der Waals surface area contributed by atoms with Gasteiger partial charge in [0.05, 0.1) is 0 Å². The first-order valence-electron chi connectivity index (χ1n) is 5.61. The first kappa shape index (κ1) is 12.3. The Kier molecular flexibility index (Phi) is 3.50. The fourth-order valence-electron chi connectivity index (χ4n) is 2.29. The largest absolute Gasteiger partial charge is 0.371 e. The van der Waals surface area contributed by atoms with Crippen molar-refractivity contribution in [3.63, 3.8) is 0 Å². The van der Waals surface area contributed by atoms with Gasteiger partial charge in [-0.3, -0.25) is 0 Å². The molecule has 0 saturated carbocycles. The number of hydrogen-bond donors (Lipinski definition) is 0. The Balaban J connectivity index is 2.27. The van der Waals surface area contributed by atoms with Gasteiger partial charge < -0.3 is 4.90 Å². The third-order valence-corrected chi connectivity index (χ3v) is 3.98. The van der Waals surface area contributed by atoms with Crippen LogP contribution in [0.15, 0.2) is 22.7 Å². The van der Waals surface area contributed by atoms with Gasteiger partial charge in [-0.25, -0.2) is 0 Å². The highest BCUT2D eigenvalue weighted by atomic mass is 79.9. The zero-order chi connectivity index (χ0) is 11.8. The molecule has 0 N–H and O–H groups in total. The van der Waals surface area contributed by atoms with E-state index in [1.54, 1.807) is 0 Å². The zero-order valence-electron chi connectivity index (χ0n) is 9.76. The van der Waals surface area contributed by atoms with Crippen molar-refractivity contribution in [2.45, 2.75) is 26.1 Å². The molecule has 0 bridgehead atoms. The van der Waals surface area contributed by atoms with Gasteiger partial charge in [0, 0.05) is 29.1 Å². The van der Waals surface area contributed by atoms with E-state index in [0.29, 0.717) is 11.3 Å². The summed E-state index contributed by atoms with van der Waals surface area (Å²) >= 11 is 9.50. The minimum atomic E-state index is 0.427. The van der Waals surface area contributed by atoms with E-state index in [-0.39, 0.29) is 0 Å². The molecule has 16 heavy (non-hydrogen) atoms. The van der Waals surface area contributed by atoms with Crippen LogP contribution in [0.5, 0.6) is 0 Å². The number of halogens is 2. The first-order valence-corrected chi connectivity index (χ1v) is 6.94. The monoisotopic (exact) mass is 301 g/mol. The van der Waals surface area contributed by atoms with Crippen LogP contribution >= 0.6 is 27.5 Å². The maximum absolute atomic E-state index is 6.01. The highest BCUT2D eigenvalue weighted by molar-refractivity contribution is 9.10. The van der Waals surface area contributed by atoms with Gasteiger partial charge in [-0.1, -0.05) is 29.8 Å². The second-order valence-electron chi connectivity index (χ2n) is 5.24. The Morgan fingerprint density at radius 3 is 2.75 bits per heavy atom. The van der Waals surface area contributed by atoms with E-state index >= 15 is 0 Å². The number of anilines is 1. The summed E-state index contributed by atoms with van der Waals surface area (Å²) in [5.74, 6) is 0.575. The van der Waals surface area contributed by atoms with Gasteiger partial charge in [0.2, 0.25) is 0 Å². The normalized spacial score (nSPS) is 19.1. The predicted octanol–water partition coefficient (Wildman–Crippen LogP) is 4.42. The Morgan fingerprint density at radius 1 is 1.44 bits per heavy atom. The SMILES string of the molecule is CC1(C)CCN(c2ccc(Br)cc2CCl)C1. The van der Waals surface area contributed by atoms with Crippen LogP contribution in [0, 0.1) is 5.41 Å². The fourth-order valence-corrected chi connectivity index (χ4v) is 2.91. The third kappa shape index (κ3) is 2.54. The third-order valence-electron chi connectivity index (χ3n) is 3.20. The second-order valence-corrected chi connectivity index (χ2v) is 6.43. The van der Waals surface area contributed by atoms with Gasteiger partial charge in [0.1, 0.15) is 0 Å². The smallest absolute Gasteiger partial charge is 0.0494 e. The molecule has 3 heteroatoms. The summed E-state index contributed by atoms with van der Waals surface area (Å²) in [4.78, 5) is 2.45. The highest BCUT2D eigenvalue weighted by Crippen LogP contribution is 2.35. The molecule has 0 radical (unpaired) electrons. The molecule has 0 aliphatic carbocycles. The molecule has 1 aliphatic heterocycles. The summed E-state index contributed by atoms with van der Waals surface area (Å²) in [5, 5.41) is 0. The number of hydrogen-bond acceptors (Lipinski definition) is 1. The van der Waals surface area contributed by atoms with Crippen LogP contribution in [-0.2, 0) is 5.88 Å². The number of nitrogens with zero attached hydrogens (tertiary/aromatic N) is 1. The average Bonchev–Trinajstić information content (AvgIpc) is 2.58. The summed E-state index contributed by atoms with van der Waals surface area (Å²) in [7, 11) is 0. The molecular weight excluding hydrogens is 286 g/mol. The van der Waals surface area contributed by atoms with Crippen molar-refractivity contribution in [2.75, 3.05) is 18.0 Å². The predicted molar refractivity (Wildman–Crippen MR) is 74.3 cm³/mol. The molecule has 1 saturated heterocycles. The summed E-state index contributed by atoms with van der Waals surface area (Å²) < 4.78 is 1.10. The van der Waals surface area contributed by atoms with E-state index in [2.05, 4.69) is 52.9 Å². The van der Waals surface area contributed by atoms with Gasteiger partial charge in [-0.05, 0) is 35.6 Å². The van der Waals surface area contributed by atoms with E-state index in [1.807, 2.05) is 0 Å². The van der Waals surface area contributed by atoms with Crippen LogP contribution < -0.4 is 4.90 Å². The number of benzene rings is 1. The molecule has 0 unspecified atom stereocenters. The van der Waals surface area contributed by atoms with Crippen molar-refractivity contribution in [1.82, 2.24) is 0 Å². The molecule has 1 fully saturated rings. The van der Waals surface area contributed by atoms with Gasteiger partial charge in [0.25, 0.3) is 0 Å². The van der Waals surface area contributed by atoms with Crippen molar-refractivity contribution in [1.29, 1.82) is 0 Å². The lowest BCUT2D eigenvalue weighted by Crippen LogP contribution is -2.23. The molecule has 1 aliphatic rings. The summed E-state index contributed by atoms with van der Waals surface area (Å²) in [5.41, 5.74) is 2.94. The second kappa shape index (κ2) is 4.58. The van der Waals surface area contributed by atoms with Crippen LogP contribution in [-0.4, -0.2) is 13.1 Å². The molecule has 0 amide bonds. The van der Waals surface area contributed by atoms with Crippen LogP contribution in [0.25, 0.3) is 0 Å². The van der Waals surface area contributed by atoms with E-state index in [9.17, 15) is 0 Å². The van der Waals surface area contributed by atoms with Crippen LogP contribution in [0.3, 0.4) is 0 Å². The van der Waals surface area contributed by atoms with Crippen molar-refractivity contribution in [2.24, 2.45) is 5.41 Å². The Bertz CT molecular complexity index is 390. The molecule has 1 aromatic carbocycles. The molecule has 1 nitrogen and oxygen atoms in total. The molecule has 0 aromatic heterocycles. The zero-order valence-corrected chi connectivity index (χ0v) is 12.1. The quantitative estimate of drug-likeness (QED) is 0.731. The Morgan fingerprint density at radius 2 is 2.19 bits per heavy atom. The minimum Gasteiger partial charge on any atom is -0.371 e. The maximum Gasteiger partial charge on any atom is 0.0494 e. The van der Waals surface area contributed by atoms with Crippen molar-refractivity contribution >= 4 is 33.2 Å². The Hall–Kier alpha value is -0.210. The Labute approximate surface area is 111 Å². The van der Waals surface area contributed by atoms with Crippen molar-refractivity contribution in [3.8, 4) is 0 Å². The first-order chi connectivity index (χ1) is 7.52. The highest BCUT2D eigenvalue weighted by Gasteiger charge is 2.30. The molecule has 1 aromatic rings. The molecule has 1 heterocycles. The van der Waals surface area contributed by atoms with Crippen LogP contribution in [0.1, 0.15) is 25.8 Å². The summed E-state index contributed by atoms with van der Waals surface area (Å²) in [6, 6.07) is 6.38. The van der Waals surface area contributed by atoms with E-state index in [4.69, 9.17) is 11.6 Å². The molecule has 2 rings (SSSR count). The minimum absolute atomic E-state index is 0.427. The lowest BCUT2D eigenvalue weighted by atomic mass is 9.93. The van der Waals surface area contributed by atoms with Crippen molar-refractivity contribution in [3.05, 3.63) is 28.2 Å². The van der Waals surface area contributed by atoms with Crippen LogP contribution in [0.4, 0.5) is 5.69 Å². The van der Waals surface area contributed by atoms with Gasteiger partial charge >= 0.3 is 0 Å². The van der Waals surface area contributed by atoms with E-state index < -0.39 is 0 Å².